The Hall–Kier alpha value is -2.86. The average molecular weight is 394 g/mol. The number of hydrogen-bond donors (Lipinski definition) is 1. The van der Waals surface area contributed by atoms with Gasteiger partial charge in [-0.2, -0.15) is 0 Å². The van der Waals surface area contributed by atoms with E-state index in [1.165, 1.54) is 24.7 Å². The maximum absolute atomic E-state index is 12.9. The number of methoxy groups -OCH3 is 1. The summed E-state index contributed by atoms with van der Waals surface area (Å²) in [5.41, 5.74) is 4.91. The highest BCUT2D eigenvalue weighted by molar-refractivity contribution is 6.08. The summed E-state index contributed by atoms with van der Waals surface area (Å²) in [5.74, 6) is -0.691. The standard InChI is InChI=1S/C23H26N2O4/c1-28-23(27)20-15-19(25-10-12-29-13-11-25)8-9-21(20)24-22(26)18-7-6-16-4-2-3-5-17(16)14-18/h6-9,14-15H,2-5,10-13H2,1H3,(H,24,26). The SMILES string of the molecule is COC(=O)c1cc(N2CCOCC2)ccc1NC(=O)c1ccc2c(c1)CCCC2. The third kappa shape index (κ3) is 4.27. The van der Waals surface area contributed by atoms with Crippen molar-refractivity contribution in [1.29, 1.82) is 0 Å². The zero-order valence-corrected chi connectivity index (χ0v) is 16.7. The quantitative estimate of drug-likeness (QED) is 0.805. The monoisotopic (exact) mass is 394 g/mol. The van der Waals surface area contributed by atoms with Gasteiger partial charge in [-0.3, -0.25) is 4.79 Å². The Kier molecular flexibility index (Phi) is 5.81. The van der Waals surface area contributed by atoms with Gasteiger partial charge in [0.1, 0.15) is 0 Å². The van der Waals surface area contributed by atoms with Crippen LogP contribution in [0.3, 0.4) is 0 Å². The van der Waals surface area contributed by atoms with Crippen LogP contribution in [-0.2, 0) is 22.3 Å². The smallest absolute Gasteiger partial charge is 0.340 e. The molecule has 1 aliphatic heterocycles. The van der Waals surface area contributed by atoms with Gasteiger partial charge in [0.25, 0.3) is 5.91 Å². The highest BCUT2D eigenvalue weighted by atomic mass is 16.5. The van der Waals surface area contributed by atoms with Gasteiger partial charge in [-0.05, 0) is 67.1 Å². The van der Waals surface area contributed by atoms with Crippen LogP contribution >= 0.6 is 0 Å². The molecule has 152 valence electrons. The maximum Gasteiger partial charge on any atom is 0.340 e. The van der Waals surface area contributed by atoms with Crippen molar-refractivity contribution in [1.82, 2.24) is 0 Å². The minimum Gasteiger partial charge on any atom is -0.465 e. The molecule has 1 saturated heterocycles. The molecule has 6 heteroatoms. The van der Waals surface area contributed by atoms with E-state index >= 15 is 0 Å². The van der Waals surface area contributed by atoms with Crippen LogP contribution in [-0.4, -0.2) is 45.3 Å². The molecule has 1 N–H and O–H groups in total. The molecular weight excluding hydrogens is 368 g/mol. The minimum atomic E-state index is -0.471. The molecule has 4 rings (SSSR count). The Bertz CT molecular complexity index is 919. The molecule has 1 aliphatic carbocycles. The summed E-state index contributed by atoms with van der Waals surface area (Å²) in [6.07, 6.45) is 4.45. The lowest BCUT2D eigenvalue weighted by molar-refractivity contribution is 0.0602. The van der Waals surface area contributed by atoms with Crippen LogP contribution in [0, 0.1) is 0 Å². The van der Waals surface area contributed by atoms with E-state index in [1.54, 1.807) is 12.1 Å². The highest BCUT2D eigenvalue weighted by Gasteiger charge is 2.20. The lowest BCUT2D eigenvalue weighted by atomic mass is 9.90. The Morgan fingerprint density at radius 3 is 2.52 bits per heavy atom. The summed E-state index contributed by atoms with van der Waals surface area (Å²) in [4.78, 5) is 27.4. The van der Waals surface area contributed by atoms with Crippen molar-refractivity contribution in [2.75, 3.05) is 43.6 Å². The number of esters is 1. The number of benzene rings is 2. The van der Waals surface area contributed by atoms with Gasteiger partial charge in [-0.1, -0.05) is 6.07 Å². The van der Waals surface area contributed by atoms with E-state index < -0.39 is 5.97 Å². The predicted octanol–water partition coefficient (Wildman–Crippen LogP) is 3.44. The Morgan fingerprint density at radius 1 is 1.00 bits per heavy atom. The number of nitrogens with zero attached hydrogens (tertiary/aromatic N) is 1. The van der Waals surface area contributed by atoms with Crippen LogP contribution in [0.1, 0.15) is 44.7 Å². The first kappa shape index (κ1) is 19.5. The Balaban J connectivity index is 1.58. The van der Waals surface area contributed by atoms with Crippen LogP contribution < -0.4 is 10.2 Å². The highest BCUT2D eigenvalue weighted by Crippen LogP contribution is 2.27. The normalized spacial score (nSPS) is 16.1. The molecule has 2 aromatic rings. The summed E-state index contributed by atoms with van der Waals surface area (Å²) in [6.45, 7) is 2.84. The molecule has 0 atom stereocenters. The summed E-state index contributed by atoms with van der Waals surface area (Å²) in [5, 5.41) is 2.90. The number of rotatable bonds is 4. The topological polar surface area (TPSA) is 67.9 Å². The number of aryl methyl sites for hydroxylation is 2. The van der Waals surface area contributed by atoms with E-state index in [0.717, 1.165) is 38.0 Å². The zero-order valence-electron chi connectivity index (χ0n) is 16.7. The summed E-state index contributed by atoms with van der Waals surface area (Å²) in [7, 11) is 1.35. The molecule has 1 heterocycles. The van der Waals surface area contributed by atoms with E-state index in [4.69, 9.17) is 9.47 Å². The van der Waals surface area contributed by atoms with E-state index in [2.05, 4.69) is 10.2 Å². The van der Waals surface area contributed by atoms with Crippen molar-refractivity contribution in [2.45, 2.75) is 25.7 Å². The molecule has 2 aliphatic rings. The van der Waals surface area contributed by atoms with E-state index in [1.807, 2.05) is 24.3 Å². The molecular formula is C23H26N2O4. The first-order valence-electron chi connectivity index (χ1n) is 10.1. The molecule has 2 aromatic carbocycles. The maximum atomic E-state index is 12.9. The van der Waals surface area contributed by atoms with Crippen molar-refractivity contribution in [3.8, 4) is 0 Å². The summed E-state index contributed by atoms with van der Waals surface area (Å²) >= 11 is 0. The molecule has 29 heavy (non-hydrogen) atoms. The van der Waals surface area contributed by atoms with Gasteiger partial charge >= 0.3 is 5.97 Å². The van der Waals surface area contributed by atoms with Crippen molar-refractivity contribution in [3.63, 3.8) is 0 Å². The lowest BCUT2D eigenvalue weighted by Crippen LogP contribution is -2.36. The predicted molar refractivity (Wildman–Crippen MR) is 112 cm³/mol. The minimum absolute atomic E-state index is 0.220. The second-order valence-electron chi connectivity index (χ2n) is 7.47. The number of carbonyl (C=O) groups is 2. The molecule has 1 amide bonds. The van der Waals surface area contributed by atoms with Crippen LogP contribution in [0.2, 0.25) is 0 Å². The van der Waals surface area contributed by atoms with Crippen LogP contribution in [0.4, 0.5) is 11.4 Å². The van der Waals surface area contributed by atoms with Gasteiger partial charge in [-0.15, -0.1) is 0 Å². The van der Waals surface area contributed by atoms with Gasteiger partial charge in [0.05, 0.1) is 31.6 Å². The summed E-state index contributed by atoms with van der Waals surface area (Å²) in [6, 6.07) is 11.3. The third-order valence-corrected chi connectivity index (χ3v) is 5.64. The first-order chi connectivity index (χ1) is 14.2. The van der Waals surface area contributed by atoms with Crippen LogP contribution in [0.15, 0.2) is 36.4 Å². The molecule has 1 fully saturated rings. The molecule has 0 aromatic heterocycles. The van der Waals surface area contributed by atoms with Crippen molar-refractivity contribution in [2.24, 2.45) is 0 Å². The van der Waals surface area contributed by atoms with Crippen molar-refractivity contribution in [3.05, 3.63) is 58.7 Å². The molecule has 6 nitrogen and oxygen atoms in total. The van der Waals surface area contributed by atoms with Crippen molar-refractivity contribution < 1.29 is 19.1 Å². The van der Waals surface area contributed by atoms with Crippen molar-refractivity contribution >= 4 is 23.3 Å². The number of amides is 1. The van der Waals surface area contributed by atoms with Crippen LogP contribution in [0.25, 0.3) is 0 Å². The second kappa shape index (κ2) is 8.66. The Labute approximate surface area is 170 Å². The first-order valence-corrected chi connectivity index (χ1v) is 10.1. The number of nitrogens with one attached hydrogen (secondary N) is 1. The number of carbonyl (C=O) groups excluding carboxylic acids is 2. The van der Waals surface area contributed by atoms with Gasteiger partial charge in [-0.25, -0.2) is 4.79 Å². The molecule has 0 saturated carbocycles. The van der Waals surface area contributed by atoms with Gasteiger partial charge in [0, 0.05) is 24.3 Å². The number of anilines is 2. The fourth-order valence-electron chi connectivity index (χ4n) is 4.01. The largest absolute Gasteiger partial charge is 0.465 e. The van der Waals surface area contributed by atoms with Crippen LogP contribution in [0.5, 0.6) is 0 Å². The molecule has 0 radical (unpaired) electrons. The number of hydrogen-bond acceptors (Lipinski definition) is 5. The molecule has 0 spiro atoms. The lowest BCUT2D eigenvalue weighted by Gasteiger charge is -2.29. The van der Waals surface area contributed by atoms with Gasteiger partial charge in [0.15, 0.2) is 0 Å². The number of morpholine rings is 1. The van der Waals surface area contributed by atoms with E-state index in [9.17, 15) is 9.59 Å². The third-order valence-electron chi connectivity index (χ3n) is 5.64. The zero-order chi connectivity index (χ0) is 20.2. The Morgan fingerprint density at radius 2 is 1.76 bits per heavy atom. The van der Waals surface area contributed by atoms with Gasteiger partial charge < -0.3 is 19.7 Å². The fourth-order valence-corrected chi connectivity index (χ4v) is 4.01. The second-order valence-corrected chi connectivity index (χ2v) is 7.47. The van der Waals surface area contributed by atoms with E-state index in [0.29, 0.717) is 30.0 Å². The summed E-state index contributed by atoms with van der Waals surface area (Å²) < 4.78 is 10.3. The number of ether oxygens (including phenoxy) is 2. The fraction of sp³-hybridized carbons (Fsp3) is 0.391. The molecule has 0 bridgehead atoms. The molecule has 0 unspecified atom stereocenters. The number of fused-ring (bicyclic) bond motifs is 1. The van der Waals surface area contributed by atoms with E-state index in [-0.39, 0.29) is 5.91 Å². The van der Waals surface area contributed by atoms with Gasteiger partial charge in [0.2, 0.25) is 0 Å². The average Bonchev–Trinajstić information content (AvgIpc) is 2.79.